The lowest BCUT2D eigenvalue weighted by molar-refractivity contribution is -0.0103. The van der Waals surface area contributed by atoms with Crippen molar-refractivity contribution in [2.45, 2.75) is 43.9 Å². The summed E-state index contributed by atoms with van der Waals surface area (Å²) in [5.41, 5.74) is 15.0. The Balaban J connectivity index is 0.980. The maximum absolute atomic E-state index is 2.57. The van der Waals surface area contributed by atoms with E-state index in [1.165, 1.54) is 114 Å². The van der Waals surface area contributed by atoms with Gasteiger partial charge in [-0.15, -0.1) is 11.3 Å². The van der Waals surface area contributed by atoms with E-state index in [1.807, 2.05) is 11.3 Å². The summed E-state index contributed by atoms with van der Waals surface area (Å²) in [5.74, 6) is 3.51. The van der Waals surface area contributed by atoms with Gasteiger partial charge in [0.1, 0.15) is 0 Å². The van der Waals surface area contributed by atoms with Gasteiger partial charge in [-0.2, -0.15) is 0 Å². The number of hydrogen-bond acceptors (Lipinski definition) is 2. The molecule has 8 aromatic carbocycles. The van der Waals surface area contributed by atoms with Crippen molar-refractivity contribution >= 4 is 59.3 Å². The van der Waals surface area contributed by atoms with E-state index in [0.29, 0.717) is 0 Å². The van der Waals surface area contributed by atoms with Crippen LogP contribution < -0.4 is 4.90 Å². The number of benzene rings is 8. The molecule has 4 aliphatic carbocycles. The molecule has 0 radical (unpaired) electrons. The smallest absolute Gasteiger partial charge is 0.0640 e. The van der Waals surface area contributed by atoms with Crippen molar-refractivity contribution in [1.29, 1.82) is 0 Å². The number of nitrogens with zero attached hydrogens (tertiary/aromatic N) is 1. The fourth-order valence-electron chi connectivity index (χ4n) is 12.8. The second-order valence-corrected chi connectivity index (χ2v) is 19.1. The summed E-state index contributed by atoms with van der Waals surface area (Å²) in [6, 6.07) is 66.5. The topological polar surface area (TPSA) is 3.24 Å². The largest absolute Gasteiger partial charge is 0.308 e. The molecule has 2 heteroatoms. The van der Waals surface area contributed by atoms with E-state index in [4.69, 9.17) is 0 Å². The summed E-state index contributed by atoms with van der Waals surface area (Å²) < 4.78 is 2.62. The molecule has 1 heterocycles. The van der Waals surface area contributed by atoms with Crippen molar-refractivity contribution in [2.24, 2.45) is 23.7 Å². The minimum Gasteiger partial charge on any atom is -0.308 e. The van der Waals surface area contributed by atoms with Crippen LogP contribution in [0.25, 0.3) is 64.3 Å². The summed E-state index contributed by atoms with van der Waals surface area (Å²) in [5, 5.41) is 5.16. The molecule has 5 unspecified atom stereocenters. The van der Waals surface area contributed by atoms with Crippen LogP contribution in [-0.4, -0.2) is 0 Å². The Morgan fingerprint density at radius 3 is 2.08 bits per heavy atom. The van der Waals surface area contributed by atoms with Crippen LogP contribution in [0.1, 0.15) is 49.7 Å². The van der Waals surface area contributed by atoms with Crippen molar-refractivity contribution in [3.05, 3.63) is 187 Å². The minimum atomic E-state index is 0.167. The van der Waals surface area contributed by atoms with E-state index in [1.54, 1.807) is 11.1 Å². The normalized spacial score (nSPS) is 22.6. The number of thiophene rings is 1. The van der Waals surface area contributed by atoms with Gasteiger partial charge in [-0.05, 0) is 142 Å². The number of hydrogen-bond donors (Lipinski definition) is 0. The van der Waals surface area contributed by atoms with Gasteiger partial charge in [-0.1, -0.05) is 146 Å². The lowest BCUT2D eigenvalue weighted by atomic mass is 9.47. The minimum absolute atomic E-state index is 0.167. The van der Waals surface area contributed by atoms with E-state index in [2.05, 4.69) is 181 Å². The molecule has 0 aliphatic heterocycles. The fourth-order valence-corrected chi connectivity index (χ4v) is 14.0. The highest BCUT2D eigenvalue weighted by atomic mass is 32.1. The van der Waals surface area contributed by atoms with Crippen molar-refractivity contribution in [3.8, 4) is 33.4 Å². The number of rotatable bonds is 5. The van der Waals surface area contributed by atoms with Gasteiger partial charge in [0.15, 0.2) is 0 Å². The molecule has 9 aromatic rings. The molecule has 3 fully saturated rings. The van der Waals surface area contributed by atoms with Gasteiger partial charge in [0, 0.05) is 32.0 Å². The van der Waals surface area contributed by atoms with Crippen LogP contribution in [-0.2, 0) is 5.41 Å². The first kappa shape index (κ1) is 34.0. The second-order valence-electron chi connectivity index (χ2n) is 18.0. The van der Waals surface area contributed by atoms with Gasteiger partial charge in [0.25, 0.3) is 0 Å². The Labute approximate surface area is 350 Å². The third-order valence-corrected chi connectivity index (χ3v) is 16.5. The molecule has 1 spiro atoms. The molecule has 0 amide bonds. The molecule has 59 heavy (non-hydrogen) atoms. The van der Waals surface area contributed by atoms with Crippen LogP contribution in [0.15, 0.2) is 176 Å². The maximum atomic E-state index is 2.57. The van der Waals surface area contributed by atoms with Gasteiger partial charge in [-0.25, -0.2) is 0 Å². The van der Waals surface area contributed by atoms with Crippen molar-refractivity contribution in [3.63, 3.8) is 0 Å². The number of fused-ring (bicyclic) bond motifs is 12. The molecule has 1 nitrogen and oxygen atoms in total. The van der Waals surface area contributed by atoms with Crippen molar-refractivity contribution < 1.29 is 0 Å². The molecule has 3 bridgehead atoms. The average Bonchev–Trinajstić information content (AvgIpc) is 3.81. The Bertz CT molecular complexity index is 3100. The van der Waals surface area contributed by atoms with E-state index < -0.39 is 0 Å². The fraction of sp³-hybridized carbons (Fsp3) is 0.193. The Morgan fingerprint density at radius 1 is 0.458 bits per heavy atom. The molecule has 5 atom stereocenters. The molecule has 3 saturated carbocycles. The number of anilines is 3. The molecule has 0 saturated heterocycles. The second kappa shape index (κ2) is 13.0. The summed E-state index contributed by atoms with van der Waals surface area (Å²) in [4.78, 5) is 2.51. The first-order valence-electron chi connectivity index (χ1n) is 21.8. The van der Waals surface area contributed by atoms with Crippen LogP contribution in [0.5, 0.6) is 0 Å². The third kappa shape index (κ3) is 5.02. The first-order chi connectivity index (χ1) is 29.2. The Hall–Kier alpha value is -5.96. The summed E-state index contributed by atoms with van der Waals surface area (Å²) >= 11 is 1.89. The lowest BCUT2D eigenvalue weighted by Gasteiger charge is -2.57. The highest BCUT2D eigenvalue weighted by Crippen LogP contribution is 2.66. The first-order valence-corrected chi connectivity index (χ1v) is 22.7. The highest BCUT2D eigenvalue weighted by molar-refractivity contribution is 7.26. The van der Waals surface area contributed by atoms with Crippen LogP contribution in [0.2, 0.25) is 0 Å². The standard InChI is InChI=1S/C57H45NS/c1-2-11-37(12-3-1)38-23-26-43(27-24-38)58(54-19-10-17-49-48-16-7-9-20-55(48)59-56(49)54)53-30-28-44(45-13-4-5-15-47(45)53)39-25-29-52-50(34-39)46-14-6-8-18-51(46)57(52)35-40-22-21-36-31-41(40)33-42(57)32-36/h1-20,23-30,34,36,40-42H,21-22,31-33,35H2. The highest BCUT2D eigenvalue weighted by Gasteiger charge is 2.57. The summed E-state index contributed by atoms with van der Waals surface area (Å²) in [6.07, 6.45) is 8.55. The average molecular weight is 776 g/mol. The zero-order chi connectivity index (χ0) is 38.7. The van der Waals surface area contributed by atoms with Gasteiger partial charge in [0.2, 0.25) is 0 Å². The molecular formula is C57H45NS. The van der Waals surface area contributed by atoms with Crippen molar-refractivity contribution in [2.75, 3.05) is 4.90 Å². The van der Waals surface area contributed by atoms with E-state index >= 15 is 0 Å². The Morgan fingerprint density at radius 2 is 1.19 bits per heavy atom. The van der Waals surface area contributed by atoms with Crippen LogP contribution in [0.3, 0.4) is 0 Å². The van der Waals surface area contributed by atoms with Crippen LogP contribution in [0.4, 0.5) is 17.1 Å². The van der Waals surface area contributed by atoms with Gasteiger partial charge >= 0.3 is 0 Å². The molecule has 13 rings (SSSR count). The third-order valence-electron chi connectivity index (χ3n) is 15.2. The van der Waals surface area contributed by atoms with Gasteiger partial charge in [-0.3, -0.25) is 0 Å². The molecular weight excluding hydrogens is 731 g/mol. The zero-order valence-corrected chi connectivity index (χ0v) is 34.0. The quantitative estimate of drug-likeness (QED) is 0.168. The predicted molar refractivity (Wildman–Crippen MR) is 250 cm³/mol. The van der Waals surface area contributed by atoms with E-state index in [0.717, 1.165) is 29.4 Å². The van der Waals surface area contributed by atoms with E-state index in [-0.39, 0.29) is 5.41 Å². The van der Waals surface area contributed by atoms with Crippen LogP contribution >= 0.6 is 11.3 Å². The molecule has 1 aromatic heterocycles. The summed E-state index contributed by atoms with van der Waals surface area (Å²) in [6.45, 7) is 0. The lowest BCUT2D eigenvalue weighted by Crippen LogP contribution is -2.50. The van der Waals surface area contributed by atoms with Gasteiger partial charge in [0.05, 0.1) is 16.1 Å². The van der Waals surface area contributed by atoms with Crippen molar-refractivity contribution in [1.82, 2.24) is 0 Å². The van der Waals surface area contributed by atoms with E-state index in [9.17, 15) is 0 Å². The molecule has 284 valence electrons. The Kier molecular flexibility index (Phi) is 7.49. The predicted octanol–water partition coefficient (Wildman–Crippen LogP) is 16.1. The van der Waals surface area contributed by atoms with Crippen LogP contribution in [0, 0.1) is 23.7 Å². The molecule has 4 aliphatic rings. The maximum Gasteiger partial charge on any atom is 0.0640 e. The van der Waals surface area contributed by atoms with Gasteiger partial charge < -0.3 is 4.90 Å². The SMILES string of the molecule is c1ccc(-c2ccc(N(c3ccc(-c4ccc5c(c4)-c4ccccc4C54CC5CCC6CC5CC4C6)c4ccccc34)c3cccc4c3sc3ccccc34)cc2)cc1. The monoisotopic (exact) mass is 775 g/mol. The molecule has 0 N–H and O–H groups in total. The zero-order valence-electron chi connectivity index (χ0n) is 33.2. The summed E-state index contributed by atoms with van der Waals surface area (Å²) in [7, 11) is 0.